The molecule has 0 saturated heterocycles. The zero-order valence-corrected chi connectivity index (χ0v) is 12.7. The Labute approximate surface area is 127 Å². The molecule has 1 aliphatic heterocycles. The highest BCUT2D eigenvalue weighted by molar-refractivity contribution is 6.37. The molecule has 1 aliphatic rings. The number of hydrazone groups is 1. The van der Waals surface area contributed by atoms with E-state index in [4.69, 9.17) is 23.2 Å². The highest BCUT2D eigenvalue weighted by Gasteiger charge is 2.24. The van der Waals surface area contributed by atoms with Gasteiger partial charge in [0.15, 0.2) is 0 Å². The third-order valence-corrected chi connectivity index (χ3v) is 3.41. The van der Waals surface area contributed by atoms with E-state index in [1.807, 2.05) is 24.1 Å². The summed E-state index contributed by atoms with van der Waals surface area (Å²) in [5.41, 5.74) is 0.620. The molecular weight excluding hydrogens is 299 g/mol. The molecule has 0 amide bonds. The minimum atomic E-state index is -0.274. The minimum absolute atomic E-state index is 0.259. The van der Waals surface area contributed by atoms with Crippen molar-refractivity contribution in [1.82, 2.24) is 15.0 Å². The zero-order chi connectivity index (χ0) is 14.9. The van der Waals surface area contributed by atoms with E-state index in [1.165, 1.54) is 11.1 Å². The number of halogens is 2. The molecule has 0 fully saturated rings. The number of benzene rings is 1. The maximum atomic E-state index is 12.4. The third kappa shape index (κ3) is 2.95. The molecule has 7 heteroatoms. The molecule has 0 aromatic heterocycles. The van der Waals surface area contributed by atoms with Crippen molar-refractivity contribution >= 4 is 35.3 Å². The highest BCUT2D eigenvalue weighted by Crippen LogP contribution is 2.24. The molecule has 0 radical (unpaired) electrons. The average Bonchev–Trinajstić information content (AvgIpc) is 2.87. The second kappa shape index (κ2) is 5.83. The Hall–Kier alpha value is -1.56. The molecular formula is C13H14Cl2N4O. The number of Topliss-reactive ketones (excluding diaryl/α,β-unsaturated/α-hetero) is 1. The molecule has 20 heavy (non-hydrogen) atoms. The lowest BCUT2D eigenvalue weighted by molar-refractivity contribution is 0.0798. The normalized spacial score (nSPS) is 14.2. The highest BCUT2D eigenvalue weighted by atomic mass is 35.5. The minimum Gasteiger partial charge on any atom is -0.287 e. The van der Waals surface area contributed by atoms with Gasteiger partial charge >= 0.3 is 0 Å². The maximum absolute atomic E-state index is 12.4. The fourth-order valence-corrected chi connectivity index (χ4v) is 2.16. The number of ketones is 1. The summed E-state index contributed by atoms with van der Waals surface area (Å²) in [4.78, 5) is 12.4. The molecule has 0 N–H and O–H groups in total. The largest absolute Gasteiger partial charge is 0.287 e. The van der Waals surface area contributed by atoms with Crippen molar-refractivity contribution in [3.05, 3.63) is 46.1 Å². The molecule has 2 rings (SSSR count). The van der Waals surface area contributed by atoms with Gasteiger partial charge in [0.2, 0.25) is 5.78 Å². The van der Waals surface area contributed by atoms with Crippen LogP contribution in [0.4, 0.5) is 0 Å². The van der Waals surface area contributed by atoms with Crippen LogP contribution in [0.2, 0.25) is 10.0 Å². The van der Waals surface area contributed by atoms with Gasteiger partial charge in [-0.15, -0.1) is 0 Å². The zero-order valence-electron chi connectivity index (χ0n) is 11.2. The Morgan fingerprint density at radius 2 is 2.10 bits per heavy atom. The first-order chi connectivity index (χ1) is 9.40. The van der Waals surface area contributed by atoms with Gasteiger partial charge < -0.3 is 0 Å². The number of nitrogens with zero attached hydrogens (tertiary/aromatic N) is 4. The van der Waals surface area contributed by atoms with E-state index in [9.17, 15) is 4.79 Å². The predicted molar refractivity (Wildman–Crippen MR) is 80.7 cm³/mol. The SMILES string of the molecule is C=C(C(=O)c1ccc(Cl)cc1Cl)N1CN(N(C)C)C=N1. The Morgan fingerprint density at radius 3 is 2.65 bits per heavy atom. The summed E-state index contributed by atoms with van der Waals surface area (Å²) in [5.74, 6) is -0.274. The summed E-state index contributed by atoms with van der Waals surface area (Å²) in [5, 5.41) is 10.1. The Kier molecular flexibility index (Phi) is 4.32. The quantitative estimate of drug-likeness (QED) is 0.633. The number of rotatable bonds is 4. The van der Waals surface area contributed by atoms with Crippen molar-refractivity contribution in [2.24, 2.45) is 5.10 Å². The van der Waals surface area contributed by atoms with Crippen molar-refractivity contribution in [3.63, 3.8) is 0 Å². The maximum Gasteiger partial charge on any atom is 0.211 e. The van der Waals surface area contributed by atoms with Gasteiger partial charge in [0.1, 0.15) is 18.7 Å². The van der Waals surface area contributed by atoms with Crippen LogP contribution < -0.4 is 0 Å². The molecule has 0 spiro atoms. The monoisotopic (exact) mass is 312 g/mol. The number of allylic oxidation sites excluding steroid dienone is 1. The summed E-state index contributed by atoms with van der Waals surface area (Å²) in [6.07, 6.45) is 1.63. The van der Waals surface area contributed by atoms with Gasteiger partial charge in [-0.3, -0.25) is 9.80 Å². The van der Waals surface area contributed by atoms with Gasteiger partial charge in [0, 0.05) is 24.7 Å². The first kappa shape index (κ1) is 14.8. The summed E-state index contributed by atoms with van der Waals surface area (Å²) in [6, 6.07) is 4.73. The Bertz CT molecular complexity index is 586. The van der Waals surface area contributed by atoms with Crippen LogP contribution in [0, 0.1) is 0 Å². The molecule has 1 aromatic rings. The molecule has 0 unspecified atom stereocenters. The van der Waals surface area contributed by atoms with E-state index in [-0.39, 0.29) is 11.5 Å². The van der Waals surface area contributed by atoms with E-state index >= 15 is 0 Å². The number of hydrazine groups is 1. The lowest BCUT2D eigenvalue weighted by atomic mass is 10.1. The second-order valence-corrected chi connectivity index (χ2v) is 5.30. The van der Waals surface area contributed by atoms with Crippen molar-refractivity contribution in [1.29, 1.82) is 0 Å². The Balaban J connectivity index is 2.14. The first-order valence-corrected chi connectivity index (χ1v) is 6.60. The summed E-state index contributed by atoms with van der Waals surface area (Å²) in [6.45, 7) is 4.23. The molecule has 0 bridgehead atoms. The van der Waals surface area contributed by atoms with E-state index in [0.717, 1.165) is 0 Å². The number of hydrogen-bond donors (Lipinski definition) is 0. The van der Waals surface area contributed by atoms with E-state index in [1.54, 1.807) is 18.5 Å². The van der Waals surface area contributed by atoms with Crippen molar-refractivity contribution in [2.45, 2.75) is 0 Å². The molecule has 5 nitrogen and oxygen atoms in total. The van der Waals surface area contributed by atoms with Crippen LogP contribution in [0.5, 0.6) is 0 Å². The van der Waals surface area contributed by atoms with Crippen LogP contribution in [0.3, 0.4) is 0 Å². The van der Waals surface area contributed by atoms with Crippen LogP contribution >= 0.6 is 23.2 Å². The number of carbonyl (C=O) groups is 1. The first-order valence-electron chi connectivity index (χ1n) is 5.84. The van der Waals surface area contributed by atoms with Crippen LogP contribution in [0.1, 0.15) is 10.4 Å². The molecule has 0 atom stereocenters. The van der Waals surface area contributed by atoms with Crippen molar-refractivity contribution in [2.75, 3.05) is 20.8 Å². The number of carbonyl (C=O) groups excluding carboxylic acids is 1. The van der Waals surface area contributed by atoms with Crippen LogP contribution in [0.25, 0.3) is 0 Å². The summed E-state index contributed by atoms with van der Waals surface area (Å²) in [7, 11) is 3.77. The summed E-state index contributed by atoms with van der Waals surface area (Å²) < 4.78 is 0. The Morgan fingerprint density at radius 1 is 1.40 bits per heavy atom. The van der Waals surface area contributed by atoms with Gasteiger partial charge in [-0.2, -0.15) is 5.10 Å². The van der Waals surface area contributed by atoms with Crippen molar-refractivity contribution < 1.29 is 4.79 Å². The third-order valence-electron chi connectivity index (χ3n) is 2.87. The molecule has 1 aromatic carbocycles. The molecule has 106 valence electrons. The van der Waals surface area contributed by atoms with E-state index in [2.05, 4.69) is 11.7 Å². The lowest BCUT2D eigenvalue weighted by Gasteiger charge is -2.24. The van der Waals surface area contributed by atoms with E-state index < -0.39 is 0 Å². The number of hydrogen-bond acceptors (Lipinski definition) is 5. The summed E-state index contributed by atoms with van der Waals surface area (Å²) >= 11 is 11.9. The standard InChI is InChI=1S/C13H14Cl2N4O/c1-9(19-8-18(7-16-19)17(2)3)13(20)11-5-4-10(14)6-12(11)15/h4-7H,1,8H2,2-3H3. The van der Waals surface area contributed by atoms with Gasteiger partial charge in [-0.05, 0) is 18.2 Å². The van der Waals surface area contributed by atoms with Crippen LogP contribution in [-0.2, 0) is 0 Å². The smallest absolute Gasteiger partial charge is 0.211 e. The van der Waals surface area contributed by atoms with Crippen molar-refractivity contribution in [3.8, 4) is 0 Å². The van der Waals surface area contributed by atoms with Crippen LogP contribution in [-0.4, -0.2) is 47.9 Å². The molecule has 0 aliphatic carbocycles. The predicted octanol–water partition coefficient (Wildman–Crippen LogP) is 2.68. The van der Waals surface area contributed by atoms with Gasteiger partial charge in [0.05, 0.1) is 5.02 Å². The van der Waals surface area contributed by atoms with E-state index in [0.29, 0.717) is 22.3 Å². The molecule has 1 heterocycles. The second-order valence-electron chi connectivity index (χ2n) is 4.46. The fourth-order valence-electron chi connectivity index (χ4n) is 1.66. The molecule has 0 saturated carbocycles. The average molecular weight is 313 g/mol. The van der Waals surface area contributed by atoms with Gasteiger partial charge in [-0.1, -0.05) is 29.8 Å². The lowest BCUT2D eigenvalue weighted by Crippen LogP contribution is -2.37. The topological polar surface area (TPSA) is 39.2 Å². The van der Waals surface area contributed by atoms with Gasteiger partial charge in [-0.25, -0.2) is 10.0 Å². The van der Waals surface area contributed by atoms with Crippen LogP contribution in [0.15, 0.2) is 35.6 Å². The van der Waals surface area contributed by atoms with Gasteiger partial charge in [0.25, 0.3) is 0 Å². The fraction of sp³-hybridized carbons (Fsp3) is 0.231.